The molecule has 0 radical (unpaired) electrons. The molecule has 1 N–H and O–H groups in total. The zero-order valence-electron chi connectivity index (χ0n) is 26.1. The Morgan fingerprint density at radius 1 is 0.919 bits per heavy atom. The molecule has 4 rings (SSSR count). The Kier molecular flexibility index (Phi) is 9.67. The van der Waals surface area contributed by atoms with Gasteiger partial charge in [-0.2, -0.15) is 0 Å². The molecule has 3 saturated carbocycles. The predicted octanol–water partition coefficient (Wildman–Crippen LogP) is 10.8. The Labute approximate surface area is 232 Å². The van der Waals surface area contributed by atoms with Crippen LogP contribution in [0.5, 0.6) is 0 Å². The van der Waals surface area contributed by atoms with Crippen LogP contribution in [0.1, 0.15) is 158 Å². The van der Waals surface area contributed by atoms with Gasteiger partial charge in [-0.1, -0.05) is 78.4 Å². The van der Waals surface area contributed by atoms with Crippen LogP contribution in [-0.4, -0.2) is 10.7 Å². The molecule has 0 spiro atoms. The third kappa shape index (κ3) is 7.27. The summed E-state index contributed by atoms with van der Waals surface area (Å²) in [6, 6.07) is 0. The first kappa shape index (κ1) is 29.7. The summed E-state index contributed by atoms with van der Waals surface area (Å²) in [6.07, 6.45) is 26.5. The Morgan fingerprint density at radius 2 is 1.70 bits per heavy atom. The molecule has 0 heterocycles. The van der Waals surface area contributed by atoms with E-state index in [0.717, 1.165) is 47.8 Å². The number of rotatable bonds is 7. The van der Waals surface area contributed by atoms with E-state index < -0.39 is 5.60 Å². The summed E-state index contributed by atoms with van der Waals surface area (Å²) in [6.45, 7) is 17.0. The molecule has 4 aliphatic rings. The molecule has 3 fully saturated rings. The summed E-state index contributed by atoms with van der Waals surface area (Å²) < 4.78 is 0. The molecule has 37 heavy (non-hydrogen) atoms. The Bertz CT molecular complexity index is 755. The largest absolute Gasteiger partial charge is 0.390 e. The van der Waals surface area contributed by atoms with Gasteiger partial charge in [0, 0.05) is 0 Å². The van der Waals surface area contributed by atoms with Gasteiger partial charge in [-0.3, -0.25) is 0 Å². The van der Waals surface area contributed by atoms with Crippen molar-refractivity contribution >= 4 is 0 Å². The number of fused-ring (bicyclic) bond motifs is 2. The molecular weight excluding hydrogens is 448 g/mol. The fraction of sp³-hybridized carbons (Fsp3) is 0.944. The third-order valence-electron chi connectivity index (χ3n) is 12.6. The van der Waals surface area contributed by atoms with Gasteiger partial charge in [-0.05, 0) is 143 Å². The van der Waals surface area contributed by atoms with E-state index in [1.165, 1.54) is 103 Å². The first-order valence-electron chi connectivity index (χ1n) is 16.8. The van der Waals surface area contributed by atoms with Crippen LogP contribution in [0.4, 0.5) is 0 Å². The smallest absolute Gasteiger partial charge is 0.0591 e. The highest BCUT2D eigenvalue weighted by molar-refractivity contribution is 5.18. The summed E-state index contributed by atoms with van der Waals surface area (Å²) in [5.41, 5.74) is 2.33. The van der Waals surface area contributed by atoms with E-state index in [1.807, 2.05) is 19.4 Å². The standard InChI is InChI=1S/C36H64O/c1-26-12-10-13-28(24-26)25-29-17-20-33-32(27(29)2)16-11-15-31-19-18-30(14-8-9-21-35(5,6)37)36(31,7)23-22-34(33,3)4/h16,26-31,33,37H,8-15,17-25H2,1-7H3/b32-16-. The van der Waals surface area contributed by atoms with E-state index in [2.05, 4.69) is 40.7 Å². The van der Waals surface area contributed by atoms with Gasteiger partial charge in [0.2, 0.25) is 0 Å². The minimum absolute atomic E-state index is 0.420. The number of unbranched alkanes of at least 4 members (excludes halogenated alkanes) is 1. The molecule has 0 aromatic heterocycles. The highest BCUT2D eigenvalue weighted by atomic mass is 16.3. The van der Waals surface area contributed by atoms with E-state index in [1.54, 1.807) is 0 Å². The Hall–Kier alpha value is -0.300. The summed E-state index contributed by atoms with van der Waals surface area (Å²) in [5, 5.41) is 10.1. The van der Waals surface area contributed by atoms with Crippen LogP contribution in [0, 0.1) is 52.3 Å². The van der Waals surface area contributed by atoms with Crippen molar-refractivity contribution in [2.45, 2.75) is 163 Å². The summed E-state index contributed by atoms with van der Waals surface area (Å²) >= 11 is 0. The lowest BCUT2D eigenvalue weighted by Gasteiger charge is -2.48. The van der Waals surface area contributed by atoms with E-state index in [-0.39, 0.29) is 0 Å². The predicted molar refractivity (Wildman–Crippen MR) is 161 cm³/mol. The normalized spacial score (nSPS) is 42.4. The van der Waals surface area contributed by atoms with Crippen LogP contribution >= 0.6 is 0 Å². The topological polar surface area (TPSA) is 20.2 Å². The molecule has 214 valence electrons. The number of hydrogen-bond donors (Lipinski definition) is 1. The van der Waals surface area contributed by atoms with Gasteiger partial charge >= 0.3 is 0 Å². The first-order chi connectivity index (χ1) is 17.4. The molecule has 0 bridgehead atoms. The summed E-state index contributed by atoms with van der Waals surface area (Å²) in [7, 11) is 0. The molecule has 0 aliphatic heterocycles. The maximum absolute atomic E-state index is 10.1. The summed E-state index contributed by atoms with van der Waals surface area (Å²) in [5.74, 6) is 6.30. The van der Waals surface area contributed by atoms with Gasteiger partial charge in [-0.15, -0.1) is 0 Å². The SMILES string of the molecule is CC1CCCC(CC2CCC3/C(=C\CCC4CCC(CCCCC(C)(C)O)C4(C)CCC3(C)C)C2C)C1. The Balaban J connectivity index is 1.43. The average Bonchev–Trinajstić information content (AvgIpc) is 3.12. The molecule has 0 amide bonds. The van der Waals surface area contributed by atoms with Crippen LogP contribution < -0.4 is 0 Å². The van der Waals surface area contributed by atoms with Gasteiger partial charge in [0.15, 0.2) is 0 Å². The lowest BCUT2D eigenvalue weighted by atomic mass is 9.57. The molecule has 1 heteroatoms. The lowest BCUT2D eigenvalue weighted by Crippen LogP contribution is -2.38. The molecule has 8 unspecified atom stereocenters. The molecule has 8 atom stereocenters. The van der Waals surface area contributed by atoms with Crippen LogP contribution in [0.3, 0.4) is 0 Å². The van der Waals surface area contributed by atoms with Gasteiger partial charge in [-0.25, -0.2) is 0 Å². The van der Waals surface area contributed by atoms with Crippen LogP contribution in [0.25, 0.3) is 0 Å². The van der Waals surface area contributed by atoms with Crippen LogP contribution in [-0.2, 0) is 0 Å². The van der Waals surface area contributed by atoms with Crippen LogP contribution in [0.2, 0.25) is 0 Å². The number of allylic oxidation sites excluding steroid dienone is 2. The summed E-state index contributed by atoms with van der Waals surface area (Å²) in [4.78, 5) is 0. The molecule has 4 aliphatic carbocycles. The molecule has 1 nitrogen and oxygen atoms in total. The first-order valence-corrected chi connectivity index (χ1v) is 16.8. The second kappa shape index (κ2) is 12.1. The molecule has 0 aromatic rings. The van der Waals surface area contributed by atoms with Crippen molar-refractivity contribution in [1.29, 1.82) is 0 Å². The van der Waals surface area contributed by atoms with Crippen molar-refractivity contribution < 1.29 is 5.11 Å². The molecule has 0 aromatic carbocycles. The van der Waals surface area contributed by atoms with E-state index in [9.17, 15) is 5.11 Å². The fourth-order valence-corrected chi connectivity index (χ4v) is 10.00. The molecule has 0 saturated heterocycles. The maximum atomic E-state index is 10.1. The fourth-order valence-electron chi connectivity index (χ4n) is 10.00. The van der Waals surface area contributed by atoms with Crippen molar-refractivity contribution in [3.8, 4) is 0 Å². The van der Waals surface area contributed by atoms with E-state index >= 15 is 0 Å². The maximum Gasteiger partial charge on any atom is 0.0591 e. The van der Waals surface area contributed by atoms with Crippen molar-refractivity contribution in [1.82, 2.24) is 0 Å². The molecular formula is C36H64O. The number of aliphatic hydroxyl groups is 1. The monoisotopic (exact) mass is 512 g/mol. The second-order valence-corrected chi connectivity index (χ2v) is 16.4. The van der Waals surface area contributed by atoms with Gasteiger partial charge in [0.25, 0.3) is 0 Å². The van der Waals surface area contributed by atoms with Gasteiger partial charge in [0.05, 0.1) is 5.60 Å². The highest BCUT2D eigenvalue weighted by Gasteiger charge is 2.48. The Morgan fingerprint density at radius 3 is 2.43 bits per heavy atom. The third-order valence-corrected chi connectivity index (χ3v) is 12.6. The van der Waals surface area contributed by atoms with Crippen LogP contribution in [0.15, 0.2) is 11.6 Å². The van der Waals surface area contributed by atoms with E-state index in [4.69, 9.17) is 0 Å². The lowest BCUT2D eigenvalue weighted by molar-refractivity contribution is 0.0606. The highest BCUT2D eigenvalue weighted by Crippen LogP contribution is 2.58. The zero-order valence-corrected chi connectivity index (χ0v) is 26.1. The minimum Gasteiger partial charge on any atom is -0.390 e. The van der Waals surface area contributed by atoms with E-state index in [0.29, 0.717) is 10.8 Å². The zero-order chi connectivity index (χ0) is 26.8. The second-order valence-electron chi connectivity index (χ2n) is 16.4. The van der Waals surface area contributed by atoms with Gasteiger partial charge in [0.1, 0.15) is 0 Å². The van der Waals surface area contributed by atoms with Crippen molar-refractivity contribution in [2.24, 2.45) is 52.3 Å². The van der Waals surface area contributed by atoms with Gasteiger partial charge < -0.3 is 5.11 Å². The van der Waals surface area contributed by atoms with Crippen molar-refractivity contribution in [3.63, 3.8) is 0 Å². The average molecular weight is 513 g/mol. The van der Waals surface area contributed by atoms with Crippen molar-refractivity contribution in [3.05, 3.63) is 11.6 Å². The number of hydrogen-bond acceptors (Lipinski definition) is 1. The minimum atomic E-state index is -0.502. The quantitative estimate of drug-likeness (QED) is 0.265. The van der Waals surface area contributed by atoms with Crippen molar-refractivity contribution in [2.75, 3.05) is 0 Å².